The number of thioether (sulfide) groups is 1. The Morgan fingerprint density at radius 3 is 2.95 bits per heavy atom. The fourth-order valence-electron chi connectivity index (χ4n) is 3.27. The van der Waals surface area contributed by atoms with Crippen molar-refractivity contribution in [2.24, 2.45) is 0 Å². The zero-order chi connectivity index (χ0) is 14.9. The summed E-state index contributed by atoms with van der Waals surface area (Å²) in [5, 5.41) is 13.3. The molecule has 0 saturated heterocycles. The third kappa shape index (κ3) is 3.40. The molecule has 114 valence electrons. The number of hydrogen-bond acceptors (Lipinski definition) is 3. The van der Waals surface area contributed by atoms with E-state index in [1.165, 1.54) is 12.1 Å². The largest absolute Gasteiger partial charge is 0.389 e. The molecule has 0 aromatic heterocycles. The average molecular weight is 309 g/mol. The molecule has 1 unspecified atom stereocenters. The van der Waals surface area contributed by atoms with Crippen LogP contribution in [-0.4, -0.2) is 22.4 Å². The predicted octanol–water partition coefficient (Wildman–Crippen LogP) is 3.17. The lowest BCUT2D eigenvalue weighted by molar-refractivity contribution is -0.126. The highest BCUT2D eigenvalue weighted by Crippen LogP contribution is 2.37. The molecule has 21 heavy (non-hydrogen) atoms. The summed E-state index contributed by atoms with van der Waals surface area (Å²) in [6.45, 7) is 0. The van der Waals surface area contributed by atoms with Crippen molar-refractivity contribution in [3.8, 4) is 0 Å². The summed E-state index contributed by atoms with van der Waals surface area (Å²) >= 11 is 1.69. The highest BCUT2D eigenvalue weighted by molar-refractivity contribution is 7.99. The van der Waals surface area contributed by atoms with Crippen LogP contribution in [0, 0.1) is 5.82 Å². The van der Waals surface area contributed by atoms with E-state index in [4.69, 9.17) is 0 Å². The second-order valence-corrected chi connectivity index (χ2v) is 7.18. The molecule has 1 heterocycles. The first-order chi connectivity index (χ1) is 10.1. The van der Waals surface area contributed by atoms with E-state index in [0.717, 1.165) is 35.5 Å². The van der Waals surface area contributed by atoms with Gasteiger partial charge in [0.2, 0.25) is 5.91 Å². The van der Waals surface area contributed by atoms with Gasteiger partial charge in [0.25, 0.3) is 0 Å². The number of nitrogens with one attached hydrogen (secondary N) is 1. The number of fused-ring (bicyclic) bond motifs is 1. The van der Waals surface area contributed by atoms with Gasteiger partial charge in [-0.3, -0.25) is 4.79 Å². The van der Waals surface area contributed by atoms with Crippen LogP contribution in [0.5, 0.6) is 0 Å². The van der Waals surface area contributed by atoms with Crippen LogP contribution < -0.4 is 5.32 Å². The minimum absolute atomic E-state index is 0.133. The van der Waals surface area contributed by atoms with Gasteiger partial charge in [0.1, 0.15) is 5.82 Å². The zero-order valence-corrected chi connectivity index (χ0v) is 12.7. The number of amides is 1. The van der Waals surface area contributed by atoms with Gasteiger partial charge >= 0.3 is 0 Å². The lowest BCUT2D eigenvalue weighted by atomic mass is 9.96. The Morgan fingerprint density at radius 2 is 2.19 bits per heavy atom. The van der Waals surface area contributed by atoms with Gasteiger partial charge in [-0.1, -0.05) is 12.8 Å². The van der Waals surface area contributed by atoms with Crippen molar-refractivity contribution in [1.82, 2.24) is 5.32 Å². The zero-order valence-electron chi connectivity index (χ0n) is 11.9. The van der Waals surface area contributed by atoms with E-state index < -0.39 is 5.60 Å². The molecule has 1 amide bonds. The maximum absolute atomic E-state index is 13.4. The molecule has 0 radical (unpaired) electrons. The summed E-state index contributed by atoms with van der Waals surface area (Å²) in [4.78, 5) is 13.2. The summed E-state index contributed by atoms with van der Waals surface area (Å²) < 4.78 is 13.4. The van der Waals surface area contributed by atoms with Crippen LogP contribution in [0.1, 0.15) is 50.1 Å². The summed E-state index contributed by atoms with van der Waals surface area (Å²) in [6, 6.07) is 4.60. The molecule has 1 atom stereocenters. The number of carbonyl (C=O) groups excluding carboxylic acids is 1. The predicted molar refractivity (Wildman–Crippen MR) is 80.7 cm³/mol. The van der Waals surface area contributed by atoms with Gasteiger partial charge in [0, 0.05) is 10.6 Å². The van der Waals surface area contributed by atoms with E-state index in [-0.39, 0.29) is 24.2 Å². The molecule has 0 bridgehead atoms. The van der Waals surface area contributed by atoms with Crippen molar-refractivity contribution in [2.75, 3.05) is 5.75 Å². The molecular formula is C16H20FNO2S. The third-order valence-corrected chi connectivity index (χ3v) is 5.49. The number of hydrogen-bond donors (Lipinski definition) is 2. The van der Waals surface area contributed by atoms with E-state index in [2.05, 4.69) is 5.32 Å². The molecule has 1 aromatic carbocycles. The Labute approximate surface area is 128 Å². The van der Waals surface area contributed by atoms with Crippen LogP contribution in [0.4, 0.5) is 4.39 Å². The molecule has 2 N–H and O–H groups in total. The van der Waals surface area contributed by atoms with Crippen LogP contribution in [0.25, 0.3) is 0 Å². The van der Waals surface area contributed by atoms with E-state index >= 15 is 0 Å². The molecule has 2 aliphatic rings. The van der Waals surface area contributed by atoms with Gasteiger partial charge in [-0.2, -0.15) is 0 Å². The van der Waals surface area contributed by atoms with Crippen molar-refractivity contribution in [3.05, 3.63) is 29.6 Å². The van der Waals surface area contributed by atoms with Crippen LogP contribution in [-0.2, 0) is 4.79 Å². The van der Waals surface area contributed by atoms with Gasteiger partial charge in [-0.15, -0.1) is 11.8 Å². The Hall–Kier alpha value is -1.07. The standard InChI is InChI=1S/C16H20FNO2S/c17-11-3-4-14-12(9-11)13(5-8-21-14)18-15(19)10-16(20)6-1-2-7-16/h3-4,9,13,20H,1-2,5-8,10H2,(H,18,19). The molecule has 1 fully saturated rings. The molecule has 5 heteroatoms. The van der Waals surface area contributed by atoms with Gasteiger partial charge in [0.15, 0.2) is 0 Å². The highest BCUT2D eigenvalue weighted by Gasteiger charge is 2.34. The maximum atomic E-state index is 13.4. The minimum atomic E-state index is -0.835. The maximum Gasteiger partial charge on any atom is 0.223 e. The third-order valence-electron chi connectivity index (χ3n) is 4.37. The average Bonchev–Trinajstić information content (AvgIpc) is 2.85. The van der Waals surface area contributed by atoms with Crippen molar-refractivity contribution < 1.29 is 14.3 Å². The second-order valence-electron chi connectivity index (χ2n) is 6.05. The smallest absolute Gasteiger partial charge is 0.223 e. The topological polar surface area (TPSA) is 49.3 Å². The molecule has 1 saturated carbocycles. The fourth-order valence-corrected chi connectivity index (χ4v) is 4.37. The van der Waals surface area contributed by atoms with Gasteiger partial charge in [-0.05, 0) is 43.0 Å². The number of halogens is 1. The van der Waals surface area contributed by atoms with E-state index in [1.54, 1.807) is 17.8 Å². The minimum Gasteiger partial charge on any atom is -0.389 e. The fraction of sp³-hybridized carbons (Fsp3) is 0.562. The second kappa shape index (κ2) is 5.97. The van der Waals surface area contributed by atoms with Crippen LogP contribution in [0.15, 0.2) is 23.1 Å². The van der Waals surface area contributed by atoms with E-state index in [1.807, 2.05) is 0 Å². The van der Waals surface area contributed by atoms with E-state index in [0.29, 0.717) is 12.8 Å². The molecule has 1 aliphatic carbocycles. The number of rotatable bonds is 3. The Balaban J connectivity index is 1.68. The summed E-state index contributed by atoms with van der Waals surface area (Å²) in [7, 11) is 0. The first-order valence-electron chi connectivity index (χ1n) is 7.50. The van der Waals surface area contributed by atoms with Crippen LogP contribution in [0.2, 0.25) is 0 Å². The lowest BCUT2D eigenvalue weighted by Crippen LogP contribution is -2.37. The Morgan fingerprint density at radius 1 is 1.43 bits per heavy atom. The summed E-state index contributed by atoms with van der Waals surface area (Å²) in [6.07, 6.45) is 4.32. The summed E-state index contributed by atoms with van der Waals surface area (Å²) in [5.41, 5.74) is 0.0242. The van der Waals surface area contributed by atoms with Gasteiger partial charge < -0.3 is 10.4 Å². The van der Waals surface area contributed by atoms with Crippen molar-refractivity contribution in [3.63, 3.8) is 0 Å². The normalized spacial score (nSPS) is 23.6. The van der Waals surface area contributed by atoms with Crippen LogP contribution in [0.3, 0.4) is 0 Å². The number of benzene rings is 1. The number of carbonyl (C=O) groups is 1. The van der Waals surface area contributed by atoms with Crippen molar-refractivity contribution in [1.29, 1.82) is 0 Å². The first-order valence-corrected chi connectivity index (χ1v) is 8.48. The SMILES string of the molecule is O=C(CC1(O)CCCC1)NC1CCSc2ccc(F)cc21. The molecular weight excluding hydrogens is 289 g/mol. The molecule has 1 aromatic rings. The quantitative estimate of drug-likeness (QED) is 0.901. The Bertz CT molecular complexity index is 543. The Kier molecular flexibility index (Phi) is 4.22. The molecule has 0 spiro atoms. The molecule has 1 aliphatic heterocycles. The highest BCUT2D eigenvalue weighted by atomic mass is 32.2. The summed E-state index contributed by atoms with van der Waals surface area (Å²) in [5.74, 6) is 0.504. The first kappa shape index (κ1) is 14.9. The molecule has 3 rings (SSSR count). The van der Waals surface area contributed by atoms with Crippen molar-refractivity contribution >= 4 is 17.7 Å². The van der Waals surface area contributed by atoms with Gasteiger partial charge in [-0.25, -0.2) is 4.39 Å². The van der Waals surface area contributed by atoms with Crippen LogP contribution >= 0.6 is 11.8 Å². The molecule has 3 nitrogen and oxygen atoms in total. The number of aliphatic hydroxyl groups is 1. The van der Waals surface area contributed by atoms with Gasteiger partial charge in [0.05, 0.1) is 18.1 Å². The monoisotopic (exact) mass is 309 g/mol. The van der Waals surface area contributed by atoms with Crippen molar-refractivity contribution in [2.45, 2.75) is 55.1 Å². The van der Waals surface area contributed by atoms with E-state index in [9.17, 15) is 14.3 Å². The lowest BCUT2D eigenvalue weighted by Gasteiger charge is -2.28.